The van der Waals surface area contributed by atoms with Gasteiger partial charge in [0.2, 0.25) is 0 Å². The van der Waals surface area contributed by atoms with E-state index in [9.17, 15) is 0 Å². The second-order valence-electron chi connectivity index (χ2n) is 6.25. The quantitative estimate of drug-likeness (QED) is 0.717. The van der Waals surface area contributed by atoms with Crippen LogP contribution in [0.3, 0.4) is 0 Å². The molecule has 2 rings (SSSR count). The Bertz CT molecular complexity index is 496. The van der Waals surface area contributed by atoms with Crippen LogP contribution in [-0.2, 0) is 6.54 Å². The van der Waals surface area contributed by atoms with E-state index in [1.54, 1.807) is 13.2 Å². The predicted molar refractivity (Wildman–Crippen MR) is 98.1 cm³/mol. The maximum atomic E-state index is 5.69. The summed E-state index contributed by atoms with van der Waals surface area (Å²) in [5.41, 5.74) is 1.27. The summed E-state index contributed by atoms with van der Waals surface area (Å²) in [5, 5.41) is 2.50. The number of hydrogen-bond donors (Lipinski definition) is 1. The lowest BCUT2D eigenvalue weighted by molar-refractivity contribution is -0.706. The van der Waals surface area contributed by atoms with Gasteiger partial charge in [-0.2, -0.15) is 0 Å². The summed E-state index contributed by atoms with van der Waals surface area (Å²) < 4.78 is 12.1. The molecule has 0 aliphatic heterocycles. The highest BCUT2D eigenvalue weighted by Gasteiger charge is 2.16. The Labute approximate surface area is 148 Å². The van der Waals surface area contributed by atoms with Gasteiger partial charge >= 0.3 is 0 Å². The molecule has 128 valence electrons. The molecule has 0 atom stereocenters. The van der Waals surface area contributed by atoms with Gasteiger partial charge in [0.1, 0.15) is 13.2 Å². The lowest BCUT2D eigenvalue weighted by Crippen LogP contribution is -2.88. The number of benzene rings is 1. The van der Waals surface area contributed by atoms with Gasteiger partial charge in [-0.25, -0.2) is 0 Å². The molecule has 1 aromatic carbocycles. The molecule has 0 saturated heterocycles. The van der Waals surface area contributed by atoms with Crippen molar-refractivity contribution in [3.05, 3.63) is 34.8 Å². The van der Waals surface area contributed by atoms with E-state index in [0.717, 1.165) is 28.6 Å². The number of nitrogens with two attached hydrogens (primary N) is 1. The van der Waals surface area contributed by atoms with Crippen LogP contribution >= 0.6 is 15.9 Å². The summed E-state index contributed by atoms with van der Waals surface area (Å²) in [4.78, 5) is 0. The van der Waals surface area contributed by atoms with E-state index in [-0.39, 0.29) is 0 Å². The van der Waals surface area contributed by atoms with Gasteiger partial charge in [0.05, 0.1) is 17.6 Å². The molecule has 1 fully saturated rings. The van der Waals surface area contributed by atoms with Crippen molar-refractivity contribution in [1.29, 1.82) is 0 Å². The molecule has 3 nitrogen and oxygen atoms in total. The summed E-state index contributed by atoms with van der Waals surface area (Å²) in [5.74, 6) is 1.53. The van der Waals surface area contributed by atoms with E-state index >= 15 is 0 Å². The summed E-state index contributed by atoms with van der Waals surface area (Å²) >= 11 is 3.60. The zero-order chi connectivity index (χ0) is 16.5. The van der Waals surface area contributed by atoms with Crippen LogP contribution in [0, 0.1) is 0 Å². The van der Waals surface area contributed by atoms with Gasteiger partial charge in [0, 0.05) is 5.56 Å². The van der Waals surface area contributed by atoms with Gasteiger partial charge in [-0.3, -0.25) is 0 Å². The summed E-state index contributed by atoms with van der Waals surface area (Å²) in [7, 11) is 1.69. The van der Waals surface area contributed by atoms with Gasteiger partial charge in [-0.1, -0.05) is 31.9 Å². The van der Waals surface area contributed by atoms with Crippen LogP contribution in [0.25, 0.3) is 0 Å². The Kier molecular flexibility index (Phi) is 7.96. The Morgan fingerprint density at radius 2 is 1.91 bits per heavy atom. The fourth-order valence-electron chi connectivity index (χ4n) is 3.20. The van der Waals surface area contributed by atoms with E-state index in [1.807, 2.05) is 0 Å². The number of halogens is 1. The third kappa shape index (κ3) is 5.85. The van der Waals surface area contributed by atoms with Crippen LogP contribution in [0.2, 0.25) is 0 Å². The molecule has 0 heterocycles. The second-order valence-corrected chi connectivity index (χ2v) is 7.11. The van der Waals surface area contributed by atoms with Gasteiger partial charge in [-0.05, 0) is 53.7 Å². The molecule has 0 radical (unpaired) electrons. The molecule has 1 aliphatic carbocycles. The molecule has 2 N–H and O–H groups in total. The van der Waals surface area contributed by atoms with Crippen molar-refractivity contribution in [1.82, 2.24) is 0 Å². The topological polar surface area (TPSA) is 35.1 Å². The number of quaternary nitrogens is 1. The van der Waals surface area contributed by atoms with Crippen molar-refractivity contribution in [2.45, 2.75) is 57.5 Å². The molecule has 0 amide bonds. The van der Waals surface area contributed by atoms with E-state index in [4.69, 9.17) is 9.47 Å². The minimum atomic E-state index is 0.475. The average Bonchev–Trinajstić information content (AvgIpc) is 2.52. The lowest BCUT2D eigenvalue weighted by Gasteiger charge is -2.19. The molecular formula is C19H29BrNO2+. The van der Waals surface area contributed by atoms with Crippen LogP contribution in [0.5, 0.6) is 11.5 Å². The van der Waals surface area contributed by atoms with Gasteiger partial charge < -0.3 is 14.8 Å². The first kappa shape index (κ1) is 18.3. The molecule has 1 aromatic rings. The van der Waals surface area contributed by atoms with E-state index in [2.05, 4.69) is 40.0 Å². The Hall–Kier alpha value is -1.00. The predicted octanol–water partition coefficient (Wildman–Crippen LogP) is 4.20. The molecular weight excluding hydrogens is 354 g/mol. The number of hydrogen-bond acceptors (Lipinski definition) is 2. The zero-order valence-electron chi connectivity index (χ0n) is 14.2. The first-order valence-corrected chi connectivity index (χ1v) is 9.47. The summed E-state index contributed by atoms with van der Waals surface area (Å²) in [6.45, 7) is 5.15. The maximum Gasteiger partial charge on any atom is 0.175 e. The first-order chi connectivity index (χ1) is 11.2. The van der Waals surface area contributed by atoms with E-state index in [1.165, 1.54) is 50.5 Å². The molecule has 4 heteroatoms. The molecule has 1 aliphatic rings. The number of rotatable bonds is 7. The molecule has 0 unspecified atom stereocenters. The average molecular weight is 383 g/mol. The van der Waals surface area contributed by atoms with Crippen LogP contribution in [0.15, 0.2) is 29.3 Å². The molecule has 0 spiro atoms. The Morgan fingerprint density at radius 3 is 2.57 bits per heavy atom. The van der Waals surface area contributed by atoms with Crippen LogP contribution in [0.1, 0.15) is 50.5 Å². The largest absolute Gasteiger partial charge is 0.493 e. The fraction of sp³-hybridized carbons (Fsp3) is 0.579. The Balaban J connectivity index is 1.98. The lowest BCUT2D eigenvalue weighted by atomic mass is 9.96. The maximum absolute atomic E-state index is 5.69. The highest BCUT2D eigenvalue weighted by Crippen LogP contribution is 2.36. The van der Waals surface area contributed by atoms with Crippen LogP contribution < -0.4 is 14.8 Å². The molecule has 0 aromatic heterocycles. The fourth-order valence-corrected chi connectivity index (χ4v) is 3.80. The minimum Gasteiger partial charge on any atom is -0.493 e. The van der Waals surface area contributed by atoms with Crippen LogP contribution in [0.4, 0.5) is 0 Å². The molecule has 23 heavy (non-hydrogen) atoms. The smallest absolute Gasteiger partial charge is 0.175 e. The Morgan fingerprint density at radius 1 is 1.22 bits per heavy atom. The third-order valence-electron chi connectivity index (χ3n) is 4.47. The second kappa shape index (κ2) is 9.99. The summed E-state index contributed by atoms with van der Waals surface area (Å²) in [6.07, 6.45) is 11.4. The van der Waals surface area contributed by atoms with Crippen molar-refractivity contribution < 1.29 is 14.8 Å². The van der Waals surface area contributed by atoms with Gasteiger partial charge in [0.25, 0.3) is 0 Å². The highest BCUT2D eigenvalue weighted by molar-refractivity contribution is 9.10. The molecule has 1 saturated carbocycles. The van der Waals surface area contributed by atoms with Gasteiger partial charge in [-0.15, -0.1) is 0 Å². The third-order valence-corrected chi connectivity index (χ3v) is 5.06. The standard InChI is InChI=1S/C19H28BrNO2/c1-3-11-23-19-17(20)12-15(13-18(19)22-2)14-21-16-9-7-5-4-6-8-10-16/h3,12-13,16,21H,1,4-11,14H2,2H3/p+1. The first-order valence-electron chi connectivity index (χ1n) is 8.68. The molecule has 0 bridgehead atoms. The van der Waals surface area contributed by atoms with Crippen molar-refractivity contribution in [3.8, 4) is 11.5 Å². The zero-order valence-corrected chi connectivity index (χ0v) is 15.7. The van der Waals surface area contributed by atoms with Gasteiger partial charge in [0.15, 0.2) is 11.5 Å². The van der Waals surface area contributed by atoms with Crippen molar-refractivity contribution in [2.24, 2.45) is 0 Å². The highest BCUT2D eigenvalue weighted by atomic mass is 79.9. The number of methoxy groups -OCH3 is 1. The van der Waals surface area contributed by atoms with Crippen molar-refractivity contribution >= 4 is 15.9 Å². The summed E-state index contributed by atoms with van der Waals surface area (Å²) in [6, 6.07) is 4.99. The van der Waals surface area contributed by atoms with E-state index in [0.29, 0.717) is 6.61 Å². The SMILES string of the molecule is C=CCOc1c(Br)cc(C[NH2+]C2CCCCCCC2)cc1OC. The van der Waals surface area contributed by atoms with E-state index < -0.39 is 0 Å². The van der Waals surface area contributed by atoms with Crippen molar-refractivity contribution in [3.63, 3.8) is 0 Å². The normalized spacial score (nSPS) is 16.4. The minimum absolute atomic E-state index is 0.475. The van der Waals surface area contributed by atoms with Crippen molar-refractivity contribution in [2.75, 3.05) is 13.7 Å². The monoisotopic (exact) mass is 382 g/mol. The number of ether oxygens (including phenoxy) is 2. The van der Waals surface area contributed by atoms with Crippen LogP contribution in [-0.4, -0.2) is 19.8 Å².